The first-order valence-corrected chi connectivity index (χ1v) is 8.68. The lowest BCUT2D eigenvalue weighted by molar-refractivity contribution is -0.124. The monoisotopic (exact) mass is 366 g/mol. The molecule has 7 heteroatoms. The number of aryl methyl sites for hydroxylation is 1. The van der Waals surface area contributed by atoms with Crippen LogP contribution in [0.1, 0.15) is 38.8 Å². The molecule has 2 heterocycles. The molecule has 0 unspecified atom stereocenters. The van der Waals surface area contributed by atoms with Crippen LogP contribution in [0.3, 0.4) is 0 Å². The van der Waals surface area contributed by atoms with Crippen molar-refractivity contribution in [2.24, 2.45) is 0 Å². The summed E-state index contributed by atoms with van der Waals surface area (Å²) < 4.78 is 0. The molecule has 0 radical (unpaired) electrons. The van der Waals surface area contributed by atoms with E-state index < -0.39 is 23.8 Å². The standard InChI is InChI=1S/C20H22N4O3/c1-12-7-8-15-16(10-12)20(27)24(19(15)26)13(2)18(25)22-11-14-6-5-9-21-17(14)23(3)4/h5-10,13H,11H2,1-4H3,(H,22,25)/t13-/m1/s1. The highest BCUT2D eigenvalue weighted by Crippen LogP contribution is 2.25. The molecule has 3 rings (SSSR count). The number of rotatable bonds is 5. The SMILES string of the molecule is Cc1ccc2c(c1)C(=O)N([C@H](C)C(=O)NCc1cccnc1N(C)C)C2=O. The lowest BCUT2D eigenvalue weighted by Gasteiger charge is -2.22. The van der Waals surface area contributed by atoms with E-state index in [1.54, 1.807) is 37.4 Å². The molecule has 1 aliphatic heterocycles. The van der Waals surface area contributed by atoms with Gasteiger partial charge in [0.25, 0.3) is 11.8 Å². The van der Waals surface area contributed by atoms with Crippen LogP contribution in [-0.2, 0) is 11.3 Å². The maximum Gasteiger partial charge on any atom is 0.262 e. The van der Waals surface area contributed by atoms with Crippen LogP contribution in [0.4, 0.5) is 5.82 Å². The Morgan fingerprint density at radius 2 is 1.89 bits per heavy atom. The van der Waals surface area contributed by atoms with Gasteiger partial charge in [0.05, 0.1) is 11.1 Å². The van der Waals surface area contributed by atoms with E-state index in [4.69, 9.17) is 0 Å². The molecule has 1 aromatic carbocycles. The van der Waals surface area contributed by atoms with Gasteiger partial charge in [-0.05, 0) is 32.0 Å². The molecule has 7 nitrogen and oxygen atoms in total. The molecule has 27 heavy (non-hydrogen) atoms. The maximum atomic E-state index is 12.6. The molecule has 1 aliphatic rings. The van der Waals surface area contributed by atoms with Gasteiger partial charge in [0, 0.05) is 32.4 Å². The van der Waals surface area contributed by atoms with Gasteiger partial charge in [0.1, 0.15) is 11.9 Å². The molecule has 140 valence electrons. The summed E-state index contributed by atoms with van der Waals surface area (Å²) in [6.45, 7) is 3.67. The van der Waals surface area contributed by atoms with E-state index in [9.17, 15) is 14.4 Å². The molecule has 0 spiro atoms. The summed E-state index contributed by atoms with van der Waals surface area (Å²) in [6, 6.07) is 7.86. The minimum absolute atomic E-state index is 0.257. The number of pyridine rings is 1. The Morgan fingerprint density at radius 1 is 1.19 bits per heavy atom. The van der Waals surface area contributed by atoms with Crippen molar-refractivity contribution in [3.63, 3.8) is 0 Å². The summed E-state index contributed by atoms with van der Waals surface area (Å²) >= 11 is 0. The average molecular weight is 366 g/mol. The van der Waals surface area contributed by atoms with Crippen LogP contribution in [-0.4, -0.2) is 47.7 Å². The Balaban J connectivity index is 1.73. The molecule has 0 saturated heterocycles. The van der Waals surface area contributed by atoms with E-state index in [0.29, 0.717) is 11.1 Å². The molecule has 1 aromatic heterocycles. The van der Waals surface area contributed by atoms with Gasteiger partial charge in [0.2, 0.25) is 5.91 Å². The largest absolute Gasteiger partial charge is 0.362 e. The number of nitrogens with one attached hydrogen (secondary N) is 1. The zero-order chi connectivity index (χ0) is 19.7. The fourth-order valence-corrected chi connectivity index (χ4v) is 3.14. The quantitative estimate of drug-likeness (QED) is 0.816. The molecule has 0 saturated carbocycles. The molecule has 1 atom stereocenters. The van der Waals surface area contributed by atoms with Gasteiger partial charge >= 0.3 is 0 Å². The van der Waals surface area contributed by atoms with E-state index in [-0.39, 0.29) is 6.54 Å². The van der Waals surface area contributed by atoms with Crippen LogP contribution >= 0.6 is 0 Å². The number of carbonyl (C=O) groups excluding carboxylic acids is 3. The second-order valence-electron chi connectivity index (χ2n) is 6.80. The number of imide groups is 1. The third-order valence-electron chi connectivity index (χ3n) is 4.58. The maximum absolute atomic E-state index is 12.6. The van der Waals surface area contributed by atoms with Crippen molar-refractivity contribution in [2.45, 2.75) is 26.4 Å². The summed E-state index contributed by atoms with van der Waals surface area (Å²) in [6.07, 6.45) is 1.68. The average Bonchev–Trinajstić information content (AvgIpc) is 2.89. The summed E-state index contributed by atoms with van der Waals surface area (Å²) in [5.74, 6) is -0.513. The summed E-state index contributed by atoms with van der Waals surface area (Å²) in [7, 11) is 3.74. The number of amides is 3. The predicted octanol–water partition coefficient (Wildman–Crippen LogP) is 1.76. The van der Waals surface area contributed by atoms with Crippen molar-refractivity contribution in [3.05, 3.63) is 58.8 Å². The molecule has 1 N–H and O–H groups in total. The Bertz CT molecular complexity index is 923. The Hall–Kier alpha value is -3.22. The van der Waals surface area contributed by atoms with Gasteiger partial charge in [-0.3, -0.25) is 19.3 Å². The predicted molar refractivity (Wildman–Crippen MR) is 102 cm³/mol. The van der Waals surface area contributed by atoms with Crippen molar-refractivity contribution in [3.8, 4) is 0 Å². The van der Waals surface area contributed by atoms with Crippen LogP contribution in [0.25, 0.3) is 0 Å². The third kappa shape index (κ3) is 3.40. The molecular weight excluding hydrogens is 344 g/mol. The van der Waals surface area contributed by atoms with Crippen LogP contribution in [0.5, 0.6) is 0 Å². The van der Waals surface area contributed by atoms with E-state index in [0.717, 1.165) is 21.8 Å². The first-order valence-electron chi connectivity index (χ1n) is 8.68. The van der Waals surface area contributed by atoms with Crippen LogP contribution in [0.2, 0.25) is 0 Å². The number of hydrogen-bond donors (Lipinski definition) is 1. The number of fused-ring (bicyclic) bond motifs is 1. The van der Waals surface area contributed by atoms with E-state index in [1.807, 2.05) is 32.0 Å². The Labute approximate surface area is 158 Å². The molecule has 0 fully saturated rings. The summed E-state index contributed by atoms with van der Waals surface area (Å²) in [5.41, 5.74) is 2.43. The van der Waals surface area contributed by atoms with Crippen molar-refractivity contribution in [1.82, 2.24) is 15.2 Å². The van der Waals surface area contributed by atoms with E-state index in [2.05, 4.69) is 10.3 Å². The van der Waals surface area contributed by atoms with Crippen LogP contribution in [0.15, 0.2) is 36.5 Å². The highest BCUT2D eigenvalue weighted by atomic mass is 16.2. The molecule has 2 aromatic rings. The van der Waals surface area contributed by atoms with Gasteiger partial charge in [-0.2, -0.15) is 0 Å². The zero-order valence-corrected chi connectivity index (χ0v) is 15.8. The van der Waals surface area contributed by atoms with Crippen molar-refractivity contribution < 1.29 is 14.4 Å². The highest BCUT2D eigenvalue weighted by molar-refractivity contribution is 6.22. The first-order chi connectivity index (χ1) is 12.8. The number of carbonyl (C=O) groups is 3. The van der Waals surface area contributed by atoms with E-state index >= 15 is 0 Å². The van der Waals surface area contributed by atoms with Crippen molar-refractivity contribution in [1.29, 1.82) is 0 Å². The number of anilines is 1. The number of nitrogens with zero attached hydrogens (tertiary/aromatic N) is 3. The lowest BCUT2D eigenvalue weighted by atomic mass is 10.1. The van der Waals surface area contributed by atoms with Gasteiger partial charge in [-0.25, -0.2) is 4.98 Å². The fraction of sp³-hybridized carbons (Fsp3) is 0.300. The minimum atomic E-state index is -0.905. The second kappa shape index (κ2) is 7.19. The Kier molecular flexibility index (Phi) is 4.94. The topological polar surface area (TPSA) is 82.6 Å². The van der Waals surface area contributed by atoms with Gasteiger partial charge in [-0.15, -0.1) is 0 Å². The summed E-state index contributed by atoms with van der Waals surface area (Å²) in [5, 5.41) is 2.80. The Morgan fingerprint density at radius 3 is 2.59 bits per heavy atom. The van der Waals surface area contributed by atoms with Gasteiger partial charge < -0.3 is 10.2 Å². The van der Waals surface area contributed by atoms with Gasteiger partial charge in [0.15, 0.2) is 0 Å². The molecular formula is C20H22N4O3. The van der Waals surface area contributed by atoms with Crippen LogP contribution < -0.4 is 10.2 Å². The first kappa shape index (κ1) is 18.6. The highest BCUT2D eigenvalue weighted by Gasteiger charge is 2.40. The van der Waals surface area contributed by atoms with E-state index in [1.165, 1.54) is 0 Å². The minimum Gasteiger partial charge on any atom is -0.362 e. The van der Waals surface area contributed by atoms with Crippen molar-refractivity contribution in [2.75, 3.05) is 19.0 Å². The molecule has 3 amide bonds. The lowest BCUT2D eigenvalue weighted by Crippen LogP contribution is -2.47. The number of benzene rings is 1. The van der Waals surface area contributed by atoms with Crippen molar-refractivity contribution >= 4 is 23.5 Å². The normalized spacial score (nSPS) is 14.1. The molecule has 0 bridgehead atoms. The van der Waals surface area contributed by atoms with Gasteiger partial charge in [-0.1, -0.05) is 17.7 Å². The smallest absolute Gasteiger partial charge is 0.262 e. The molecule has 0 aliphatic carbocycles. The number of hydrogen-bond acceptors (Lipinski definition) is 5. The fourth-order valence-electron chi connectivity index (χ4n) is 3.14. The second-order valence-corrected chi connectivity index (χ2v) is 6.80. The number of aromatic nitrogens is 1. The summed E-state index contributed by atoms with van der Waals surface area (Å²) in [4.78, 5) is 45.0. The van der Waals surface area contributed by atoms with Crippen LogP contribution in [0, 0.1) is 6.92 Å². The zero-order valence-electron chi connectivity index (χ0n) is 15.8. The third-order valence-corrected chi connectivity index (χ3v) is 4.58.